The van der Waals surface area contributed by atoms with Crippen LogP contribution in [0.3, 0.4) is 0 Å². The number of fused-ring (bicyclic) bond motifs is 1. The van der Waals surface area contributed by atoms with Crippen LogP contribution in [0.4, 0.5) is 17.6 Å². The number of hydrogen-bond acceptors (Lipinski definition) is 5. The number of carbonyl (C=O) groups is 1. The lowest BCUT2D eigenvalue weighted by molar-refractivity contribution is -0.137. The molecule has 0 aliphatic heterocycles. The summed E-state index contributed by atoms with van der Waals surface area (Å²) >= 11 is 1.04. The molecule has 1 unspecified atom stereocenters. The Morgan fingerprint density at radius 1 is 0.979 bits per heavy atom. The van der Waals surface area contributed by atoms with Crippen molar-refractivity contribution >= 4 is 17.7 Å². The Kier molecular flexibility index (Phi) is 8.10. The van der Waals surface area contributed by atoms with Gasteiger partial charge >= 0.3 is 6.18 Å². The maximum absolute atomic E-state index is 14.8. The molecule has 1 amide bonds. The Labute approximate surface area is 295 Å². The van der Waals surface area contributed by atoms with Crippen molar-refractivity contribution in [3.8, 4) is 11.1 Å². The molecule has 0 saturated carbocycles. The summed E-state index contributed by atoms with van der Waals surface area (Å²) in [7, 11) is 0. The van der Waals surface area contributed by atoms with Crippen molar-refractivity contribution in [2.45, 2.75) is 69.7 Å². The molecule has 1 atom stereocenters. The molecule has 1 aromatic heterocycles. The highest BCUT2D eigenvalue weighted by Crippen LogP contribution is 2.32. The van der Waals surface area contributed by atoms with Crippen LogP contribution in [0, 0.1) is 5.82 Å². The van der Waals surface area contributed by atoms with Gasteiger partial charge in [-0.2, -0.15) is 18.2 Å². The van der Waals surface area contributed by atoms with E-state index in [-0.39, 0.29) is 26.3 Å². The number of alkyl halides is 3. The van der Waals surface area contributed by atoms with Gasteiger partial charge in [0, 0.05) is 38.2 Å². The van der Waals surface area contributed by atoms with Crippen LogP contribution in [0.15, 0.2) is 82.7 Å². The highest BCUT2D eigenvalue weighted by atomic mass is 32.2. The highest BCUT2D eigenvalue weighted by molar-refractivity contribution is 7.98. The van der Waals surface area contributed by atoms with Gasteiger partial charge in [0.2, 0.25) is 5.91 Å². The molecule has 4 aromatic rings. The smallest absolute Gasteiger partial charge is 0.333 e. The average molecular weight is 690 g/mol. The van der Waals surface area contributed by atoms with Crippen molar-refractivity contribution in [3.63, 3.8) is 0 Å². The minimum Gasteiger partial charge on any atom is -0.333 e. The van der Waals surface area contributed by atoms with Gasteiger partial charge in [-0.15, -0.1) is 0 Å². The number of rotatable bonds is 13. The first-order chi connectivity index (χ1) is 26.2. The molecule has 0 spiro atoms. The zero-order chi connectivity index (χ0) is 42.5. The van der Waals surface area contributed by atoms with Crippen LogP contribution in [0.25, 0.3) is 11.1 Å². The van der Waals surface area contributed by atoms with E-state index in [0.29, 0.717) is 47.2 Å². The number of nitrogens with zero attached hydrogens (tertiary/aromatic N) is 4. The Morgan fingerprint density at radius 3 is 2.21 bits per heavy atom. The summed E-state index contributed by atoms with van der Waals surface area (Å²) in [6, 6.07) is 12.8. The molecular formula is C37H40F4N4O2S. The van der Waals surface area contributed by atoms with Gasteiger partial charge in [0.25, 0.3) is 5.56 Å². The van der Waals surface area contributed by atoms with Crippen molar-refractivity contribution in [2.24, 2.45) is 0 Å². The van der Waals surface area contributed by atoms with Crippen molar-refractivity contribution in [1.82, 2.24) is 19.4 Å². The number of benzene rings is 3. The Morgan fingerprint density at radius 2 is 1.60 bits per heavy atom. The monoisotopic (exact) mass is 689 g/mol. The molecule has 0 fully saturated rings. The predicted octanol–water partition coefficient (Wildman–Crippen LogP) is 7.78. The summed E-state index contributed by atoms with van der Waals surface area (Å²) in [4.78, 5) is 32.4. The molecule has 0 radical (unpaired) electrons. The fraction of sp³-hybridized carbons (Fsp3) is 0.378. The standard InChI is InChI=1S/C37H40F4N4O2S/c1-4-43(5-2)21-22-44(25(3)27-11-13-28(14-12-27)29-15-17-30(18-16-29)37(39,40)41)34(46)23-45-33-8-6-7-32(33)35(47)42-36(45)48-24-26-9-19-31(38)20-10-26/h9-20,25H,4-8,21-24H2,1-3H3/i4D2,5D2,21D2,22D2,25D. The van der Waals surface area contributed by atoms with Gasteiger partial charge < -0.3 is 14.4 Å². The summed E-state index contributed by atoms with van der Waals surface area (Å²) in [5.74, 6) is -1.49. The third-order valence-electron chi connectivity index (χ3n) is 7.93. The van der Waals surface area contributed by atoms with E-state index < -0.39 is 67.6 Å². The number of halogens is 4. The number of thioether (sulfide) groups is 1. The molecule has 0 N–H and O–H groups in total. The lowest BCUT2D eigenvalue weighted by Crippen LogP contribution is -2.42. The van der Waals surface area contributed by atoms with E-state index in [4.69, 9.17) is 8.22 Å². The first-order valence-corrected chi connectivity index (χ1v) is 16.1. The number of amides is 1. The van der Waals surface area contributed by atoms with Crippen LogP contribution in [0.5, 0.6) is 0 Å². The van der Waals surface area contributed by atoms with Gasteiger partial charge in [0.1, 0.15) is 12.4 Å². The molecular weight excluding hydrogens is 640 g/mol. The molecule has 6 nitrogen and oxygen atoms in total. The second kappa shape index (κ2) is 15.5. The zero-order valence-electron chi connectivity index (χ0n) is 35.5. The summed E-state index contributed by atoms with van der Waals surface area (Å²) in [5.41, 5.74) is 0.718. The fourth-order valence-corrected chi connectivity index (χ4v) is 6.30. The van der Waals surface area contributed by atoms with Crippen LogP contribution in [-0.2, 0) is 36.1 Å². The van der Waals surface area contributed by atoms with E-state index in [1.807, 2.05) is 0 Å². The van der Waals surface area contributed by atoms with Gasteiger partial charge in [0.15, 0.2) is 5.16 Å². The van der Waals surface area contributed by atoms with E-state index in [1.165, 1.54) is 65.2 Å². The summed E-state index contributed by atoms with van der Waals surface area (Å²) < 4.78 is 134. The SMILES string of the molecule is [2H]C([2H])(C)N(C([2H])([2H])C)C([2H])([2H])C([2H])([2H])N(C(=O)Cn1c(SCc2ccc(F)cc2)nc(=O)c2c1CCC2)C([2H])(C)c1ccc(-c2ccc(C(F)(F)F)cc2)cc1. The molecule has 1 aliphatic rings. The first kappa shape index (κ1) is 25.1. The van der Waals surface area contributed by atoms with E-state index >= 15 is 0 Å². The number of aromatic nitrogens is 2. The van der Waals surface area contributed by atoms with E-state index in [1.54, 1.807) is 0 Å². The minimum absolute atomic E-state index is 0.0136. The van der Waals surface area contributed by atoms with Gasteiger partial charge in [-0.3, -0.25) is 9.59 Å². The maximum Gasteiger partial charge on any atom is 0.416 e. The minimum atomic E-state index is -4.56. The van der Waals surface area contributed by atoms with Gasteiger partial charge in [-0.05, 0) is 85.7 Å². The molecule has 3 aromatic carbocycles. The summed E-state index contributed by atoms with van der Waals surface area (Å²) in [5, 5.41) is 0.0471. The van der Waals surface area contributed by atoms with Crippen LogP contribution < -0.4 is 5.56 Å². The second-order valence-corrected chi connectivity index (χ2v) is 11.9. The van der Waals surface area contributed by atoms with Crippen molar-refractivity contribution in [2.75, 3.05) is 26.0 Å². The Hall–Kier alpha value is -3.96. The van der Waals surface area contributed by atoms with Crippen molar-refractivity contribution in [3.05, 3.63) is 117 Å². The van der Waals surface area contributed by atoms with Gasteiger partial charge in [-0.1, -0.05) is 74.1 Å². The molecule has 254 valence electrons. The van der Waals surface area contributed by atoms with Crippen LogP contribution in [-0.4, -0.2) is 51.2 Å². The number of carbonyl (C=O) groups excluding carboxylic acids is 1. The van der Waals surface area contributed by atoms with E-state index in [9.17, 15) is 31.3 Å². The summed E-state index contributed by atoms with van der Waals surface area (Å²) in [6.07, 6.45) is -3.35. The quantitative estimate of drug-likeness (QED) is 0.0816. The van der Waals surface area contributed by atoms with E-state index in [2.05, 4.69) is 4.98 Å². The fourth-order valence-electron chi connectivity index (χ4n) is 5.34. The molecule has 5 rings (SSSR count). The van der Waals surface area contributed by atoms with Crippen LogP contribution in [0.1, 0.15) is 73.5 Å². The average Bonchev–Trinajstić information content (AvgIpc) is 3.58. The van der Waals surface area contributed by atoms with Crippen molar-refractivity contribution < 1.29 is 34.7 Å². The maximum atomic E-state index is 14.8. The van der Waals surface area contributed by atoms with Crippen LogP contribution >= 0.6 is 11.8 Å². The first-order valence-electron chi connectivity index (χ1n) is 19.6. The molecule has 1 heterocycles. The largest absolute Gasteiger partial charge is 0.416 e. The van der Waals surface area contributed by atoms with Crippen LogP contribution in [0.2, 0.25) is 0 Å². The lowest BCUT2D eigenvalue weighted by Gasteiger charge is -2.33. The predicted molar refractivity (Wildman–Crippen MR) is 181 cm³/mol. The molecule has 0 saturated heterocycles. The summed E-state index contributed by atoms with van der Waals surface area (Å²) in [6.45, 7) is -11.0. The van der Waals surface area contributed by atoms with E-state index in [0.717, 1.165) is 44.7 Å². The van der Waals surface area contributed by atoms with Gasteiger partial charge in [0.05, 0.1) is 15.7 Å². The third-order valence-corrected chi connectivity index (χ3v) is 8.98. The molecule has 1 aliphatic carbocycles. The highest BCUT2D eigenvalue weighted by Gasteiger charge is 2.30. The second-order valence-electron chi connectivity index (χ2n) is 11.0. The molecule has 0 bridgehead atoms. The topological polar surface area (TPSA) is 58.4 Å². The molecule has 48 heavy (non-hydrogen) atoms. The number of likely N-dealkylation sites (N-methyl/N-ethyl adjacent to an activating group) is 1. The third kappa shape index (κ3) is 8.36. The Balaban J connectivity index is 1.63. The Bertz CT molecular complexity index is 2140. The lowest BCUT2D eigenvalue weighted by atomic mass is 9.99. The number of hydrogen-bond donors (Lipinski definition) is 0. The molecule has 11 heteroatoms. The van der Waals surface area contributed by atoms with Crippen molar-refractivity contribution in [1.29, 1.82) is 0 Å². The zero-order valence-corrected chi connectivity index (χ0v) is 27.3. The normalized spacial score (nSPS) is 18.1. The van der Waals surface area contributed by atoms with Gasteiger partial charge in [-0.25, -0.2) is 4.39 Å².